The number of carbonyl (C=O) groups is 1. The van der Waals surface area contributed by atoms with Gasteiger partial charge in [0.15, 0.2) is 17.3 Å². The van der Waals surface area contributed by atoms with E-state index in [2.05, 4.69) is 6.07 Å². The van der Waals surface area contributed by atoms with Crippen molar-refractivity contribution in [1.29, 1.82) is 5.26 Å². The summed E-state index contributed by atoms with van der Waals surface area (Å²) in [7, 11) is 0. The minimum absolute atomic E-state index is 0.127. The van der Waals surface area contributed by atoms with Crippen LogP contribution in [-0.4, -0.2) is 12.6 Å². The Morgan fingerprint density at radius 3 is 2.58 bits per heavy atom. The number of carbonyl (C=O) groups excluding carboxylic acids is 1. The quantitative estimate of drug-likeness (QED) is 0.845. The van der Waals surface area contributed by atoms with Crippen LogP contribution in [0.1, 0.15) is 35.4 Å². The molecule has 0 N–H and O–H groups in total. The highest BCUT2D eigenvalue weighted by Crippen LogP contribution is 2.40. The molecule has 24 heavy (non-hydrogen) atoms. The number of ether oxygens (including phenoxy) is 2. The van der Waals surface area contributed by atoms with Crippen LogP contribution >= 0.6 is 0 Å². The standard InChI is InChI=1S/C20H15NO3/c21-11-13-1-3-14(4-2-13)16-7-17(9-18(22)8-16)15-5-6-19-20(10-15)24-12-23-19/h1-6,8,10,17H,7,9,12H2/t17-/m1/s1. The first-order valence-corrected chi connectivity index (χ1v) is 7.86. The number of allylic oxidation sites excluding steroid dienone is 2. The lowest BCUT2D eigenvalue weighted by Gasteiger charge is -2.23. The zero-order valence-electron chi connectivity index (χ0n) is 13.0. The molecule has 2 aromatic carbocycles. The second-order valence-electron chi connectivity index (χ2n) is 6.04. The van der Waals surface area contributed by atoms with Gasteiger partial charge >= 0.3 is 0 Å². The number of nitrogens with zero attached hydrogens (tertiary/aromatic N) is 1. The summed E-state index contributed by atoms with van der Waals surface area (Å²) in [5.74, 6) is 1.75. The highest BCUT2D eigenvalue weighted by molar-refractivity contribution is 5.99. The summed E-state index contributed by atoms with van der Waals surface area (Å²) in [6, 6.07) is 15.4. The van der Waals surface area contributed by atoms with Gasteiger partial charge < -0.3 is 9.47 Å². The molecule has 0 spiro atoms. The topological polar surface area (TPSA) is 59.3 Å². The molecule has 0 amide bonds. The molecule has 1 aliphatic heterocycles. The molecule has 1 aliphatic carbocycles. The number of ketones is 1. The maximum absolute atomic E-state index is 12.2. The number of hydrogen-bond donors (Lipinski definition) is 0. The van der Waals surface area contributed by atoms with Crippen molar-refractivity contribution < 1.29 is 14.3 Å². The van der Waals surface area contributed by atoms with Crippen LogP contribution in [-0.2, 0) is 4.79 Å². The highest BCUT2D eigenvalue weighted by atomic mass is 16.7. The molecule has 0 unspecified atom stereocenters. The van der Waals surface area contributed by atoms with Crippen LogP contribution in [0.15, 0.2) is 48.5 Å². The van der Waals surface area contributed by atoms with Crippen molar-refractivity contribution in [3.05, 3.63) is 65.2 Å². The van der Waals surface area contributed by atoms with Crippen LogP contribution in [0.25, 0.3) is 5.57 Å². The van der Waals surface area contributed by atoms with Gasteiger partial charge in [-0.05, 0) is 59.4 Å². The van der Waals surface area contributed by atoms with Crippen LogP contribution in [0.4, 0.5) is 0 Å². The summed E-state index contributed by atoms with van der Waals surface area (Å²) >= 11 is 0. The van der Waals surface area contributed by atoms with E-state index in [4.69, 9.17) is 14.7 Å². The summed E-state index contributed by atoms with van der Waals surface area (Å²) in [5.41, 5.74) is 3.71. The second kappa shape index (κ2) is 5.86. The van der Waals surface area contributed by atoms with E-state index in [-0.39, 0.29) is 18.5 Å². The van der Waals surface area contributed by atoms with E-state index >= 15 is 0 Å². The molecule has 4 rings (SSSR count). The number of benzene rings is 2. The molecule has 0 radical (unpaired) electrons. The van der Waals surface area contributed by atoms with Gasteiger partial charge in [-0.25, -0.2) is 0 Å². The molecule has 0 bridgehead atoms. The molecule has 1 heterocycles. The van der Waals surface area contributed by atoms with Crippen molar-refractivity contribution in [2.75, 3.05) is 6.79 Å². The predicted octanol–water partition coefficient (Wildman–Crippen LogP) is 3.82. The van der Waals surface area contributed by atoms with Crippen molar-refractivity contribution in [2.45, 2.75) is 18.8 Å². The molecule has 0 fully saturated rings. The summed E-state index contributed by atoms with van der Waals surface area (Å²) in [5, 5.41) is 8.91. The minimum Gasteiger partial charge on any atom is -0.454 e. The minimum atomic E-state index is 0.127. The maximum Gasteiger partial charge on any atom is 0.231 e. The molecule has 4 heteroatoms. The second-order valence-corrected chi connectivity index (χ2v) is 6.04. The molecule has 118 valence electrons. The normalized spacial score (nSPS) is 18.9. The van der Waals surface area contributed by atoms with Gasteiger partial charge in [0, 0.05) is 6.42 Å². The first-order valence-electron chi connectivity index (χ1n) is 7.86. The first kappa shape index (κ1) is 14.5. The molecule has 2 aromatic rings. The van der Waals surface area contributed by atoms with Crippen molar-refractivity contribution >= 4 is 11.4 Å². The van der Waals surface area contributed by atoms with Crippen LogP contribution < -0.4 is 9.47 Å². The van der Waals surface area contributed by atoms with E-state index in [9.17, 15) is 4.79 Å². The SMILES string of the molecule is N#Cc1ccc(C2=CC(=O)C[C@H](c3ccc4c(c3)OCO4)C2)cc1. The van der Waals surface area contributed by atoms with Crippen LogP contribution in [0.2, 0.25) is 0 Å². The Bertz CT molecular complexity index is 875. The molecular formula is C20H15NO3. The molecule has 0 saturated carbocycles. The summed E-state index contributed by atoms with van der Waals surface area (Å²) in [6.45, 7) is 0.249. The summed E-state index contributed by atoms with van der Waals surface area (Å²) < 4.78 is 10.8. The smallest absolute Gasteiger partial charge is 0.231 e. The van der Waals surface area contributed by atoms with E-state index in [1.165, 1.54) is 0 Å². The lowest BCUT2D eigenvalue weighted by Crippen LogP contribution is -2.12. The van der Waals surface area contributed by atoms with Crippen LogP contribution in [0.5, 0.6) is 11.5 Å². The Balaban J connectivity index is 1.62. The van der Waals surface area contributed by atoms with E-state index < -0.39 is 0 Å². The molecule has 0 aromatic heterocycles. The van der Waals surface area contributed by atoms with Crippen LogP contribution in [0.3, 0.4) is 0 Å². The number of hydrogen-bond acceptors (Lipinski definition) is 4. The van der Waals surface area contributed by atoms with Crippen LogP contribution in [0, 0.1) is 11.3 Å². The fourth-order valence-corrected chi connectivity index (χ4v) is 3.26. The Morgan fingerprint density at radius 2 is 1.79 bits per heavy atom. The average Bonchev–Trinajstić information content (AvgIpc) is 3.09. The van der Waals surface area contributed by atoms with E-state index in [1.54, 1.807) is 18.2 Å². The van der Waals surface area contributed by atoms with Gasteiger partial charge in [-0.15, -0.1) is 0 Å². The number of rotatable bonds is 2. The van der Waals surface area contributed by atoms with Gasteiger partial charge in [0.2, 0.25) is 6.79 Å². The highest BCUT2D eigenvalue weighted by Gasteiger charge is 2.25. The molecular weight excluding hydrogens is 302 g/mol. The van der Waals surface area contributed by atoms with E-state index in [1.807, 2.05) is 30.3 Å². The van der Waals surface area contributed by atoms with Gasteiger partial charge in [-0.2, -0.15) is 5.26 Å². The van der Waals surface area contributed by atoms with Gasteiger partial charge in [0.05, 0.1) is 11.6 Å². The van der Waals surface area contributed by atoms with Gasteiger partial charge in [0.25, 0.3) is 0 Å². The van der Waals surface area contributed by atoms with Crippen molar-refractivity contribution in [3.8, 4) is 17.6 Å². The van der Waals surface area contributed by atoms with Crippen molar-refractivity contribution in [2.24, 2.45) is 0 Å². The molecule has 2 aliphatic rings. The van der Waals surface area contributed by atoms with Crippen molar-refractivity contribution in [3.63, 3.8) is 0 Å². The lowest BCUT2D eigenvalue weighted by molar-refractivity contribution is -0.115. The third kappa shape index (κ3) is 2.65. The van der Waals surface area contributed by atoms with Gasteiger partial charge in [-0.1, -0.05) is 18.2 Å². The van der Waals surface area contributed by atoms with Gasteiger partial charge in [-0.3, -0.25) is 4.79 Å². The molecule has 0 saturated heterocycles. The third-order valence-corrected chi connectivity index (χ3v) is 4.50. The lowest BCUT2D eigenvalue weighted by atomic mass is 9.81. The fraction of sp³-hybridized carbons (Fsp3) is 0.200. The fourth-order valence-electron chi connectivity index (χ4n) is 3.26. The van der Waals surface area contributed by atoms with Gasteiger partial charge in [0.1, 0.15) is 0 Å². The molecule has 4 nitrogen and oxygen atoms in total. The Kier molecular flexibility index (Phi) is 3.55. The Hall–Kier alpha value is -3.06. The zero-order valence-corrected chi connectivity index (χ0v) is 13.0. The maximum atomic E-state index is 12.2. The van der Waals surface area contributed by atoms with E-state index in [0.29, 0.717) is 12.0 Å². The summed E-state index contributed by atoms with van der Waals surface area (Å²) in [4.78, 5) is 12.2. The summed E-state index contributed by atoms with van der Waals surface area (Å²) in [6.07, 6.45) is 3.02. The molecule has 1 atom stereocenters. The van der Waals surface area contributed by atoms with E-state index in [0.717, 1.165) is 34.6 Å². The average molecular weight is 317 g/mol. The number of fused-ring (bicyclic) bond motifs is 1. The third-order valence-electron chi connectivity index (χ3n) is 4.50. The Labute approximate surface area is 139 Å². The Morgan fingerprint density at radius 1 is 1.00 bits per heavy atom. The monoisotopic (exact) mass is 317 g/mol. The zero-order chi connectivity index (χ0) is 16.5. The van der Waals surface area contributed by atoms with Crippen molar-refractivity contribution in [1.82, 2.24) is 0 Å². The predicted molar refractivity (Wildman–Crippen MR) is 88.7 cm³/mol. The number of nitriles is 1. The first-order chi connectivity index (χ1) is 11.7. The largest absolute Gasteiger partial charge is 0.454 e.